The van der Waals surface area contributed by atoms with Crippen molar-refractivity contribution in [2.24, 2.45) is 5.73 Å². The normalized spacial score (nSPS) is 13.6. The van der Waals surface area contributed by atoms with Crippen LogP contribution < -0.4 is 5.73 Å². The van der Waals surface area contributed by atoms with Crippen molar-refractivity contribution in [3.63, 3.8) is 0 Å². The summed E-state index contributed by atoms with van der Waals surface area (Å²) in [6, 6.07) is 5.90. The number of hydrogen-bond acceptors (Lipinski definition) is 4. The van der Waals surface area contributed by atoms with E-state index in [1.165, 1.54) is 18.2 Å². The largest absolute Gasteiger partial charge is 0.351 e. The van der Waals surface area contributed by atoms with Gasteiger partial charge in [0.25, 0.3) is 0 Å². The van der Waals surface area contributed by atoms with E-state index in [0.717, 1.165) is 0 Å². The lowest BCUT2D eigenvalue weighted by molar-refractivity contribution is 0.212. The molecule has 1 rings (SSSR count). The van der Waals surface area contributed by atoms with Gasteiger partial charge in [-0.1, -0.05) is 18.2 Å². The highest BCUT2D eigenvalue weighted by atomic mass is 31.2. The van der Waals surface area contributed by atoms with E-state index < -0.39 is 19.2 Å². The Hall–Kier alpha value is -0.740. The fourth-order valence-electron chi connectivity index (χ4n) is 1.44. The van der Waals surface area contributed by atoms with Crippen molar-refractivity contribution in [1.82, 2.24) is 0 Å². The highest BCUT2D eigenvalue weighted by Crippen LogP contribution is 2.58. The molecule has 1 aromatic rings. The molecule has 0 aliphatic carbocycles. The van der Waals surface area contributed by atoms with Crippen molar-refractivity contribution in [2.45, 2.75) is 19.6 Å². The van der Waals surface area contributed by atoms with Gasteiger partial charge < -0.3 is 14.8 Å². The molecule has 6 heteroatoms. The summed E-state index contributed by atoms with van der Waals surface area (Å²) < 4.78 is 36.0. The van der Waals surface area contributed by atoms with Gasteiger partial charge in [0, 0.05) is 5.56 Å². The Labute approximate surface area is 100 Å². The van der Waals surface area contributed by atoms with Crippen LogP contribution in [0.3, 0.4) is 0 Å². The van der Waals surface area contributed by atoms with Crippen LogP contribution >= 0.6 is 7.60 Å². The lowest BCUT2D eigenvalue weighted by Gasteiger charge is -2.23. The third kappa shape index (κ3) is 3.36. The molecule has 96 valence electrons. The van der Waals surface area contributed by atoms with E-state index in [2.05, 4.69) is 0 Å². The number of rotatable bonds is 6. The molecule has 1 atom stereocenters. The molecule has 0 saturated heterocycles. The van der Waals surface area contributed by atoms with Gasteiger partial charge in [-0.25, -0.2) is 4.39 Å². The topological polar surface area (TPSA) is 61.5 Å². The maximum Gasteiger partial charge on any atom is 0.351 e. The molecule has 0 bridgehead atoms. The minimum atomic E-state index is -3.52. The van der Waals surface area contributed by atoms with Crippen LogP contribution in [0.2, 0.25) is 0 Å². The first-order chi connectivity index (χ1) is 8.05. The molecular weight excluding hydrogens is 244 g/mol. The lowest BCUT2D eigenvalue weighted by Crippen LogP contribution is -2.16. The molecule has 1 unspecified atom stereocenters. The fourth-order valence-corrected chi connectivity index (χ4v) is 3.11. The van der Waals surface area contributed by atoms with E-state index in [1.54, 1.807) is 19.9 Å². The fraction of sp³-hybridized carbons (Fsp3) is 0.455. The Balaban J connectivity index is 3.04. The zero-order chi connectivity index (χ0) is 12.9. The number of benzene rings is 1. The quantitative estimate of drug-likeness (QED) is 0.799. The van der Waals surface area contributed by atoms with E-state index in [1.807, 2.05) is 0 Å². The zero-order valence-corrected chi connectivity index (χ0v) is 10.8. The van der Waals surface area contributed by atoms with E-state index in [-0.39, 0.29) is 18.8 Å². The Morgan fingerprint density at radius 2 is 1.82 bits per heavy atom. The number of hydrogen-bond donors (Lipinski definition) is 1. The summed E-state index contributed by atoms with van der Waals surface area (Å²) in [5.41, 5.74) is 5.93. The van der Waals surface area contributed by atoms with E-state index in [9.17, 15) is 8.96 Å². The van der Waals surface area contributed by atoms with Gasteiger partial charge in [-0.15, -0.1) is 0 Å². The summed E-state index contributed by atoms with van der Waals surface area (Å²) in [5, 5.41) is 0. The van der Waals surface area contributed by atoms with Gasteiger partial charge in [0.2, 0.25) is 0 Å². The van der Waals surface area contributed by atoms with Gasteiger partial charge in [-0.2, -0.15) is 0 Å². The van der Waals surface area contributed by atoms with Gasteiger partial charge in [-0.05, 0) is 19.9 Å². The van der Waals surface area contributed by atoms with Crippen LogP contribution in [0.5, 0.6) is 0 Å². The molecule has 0 amide bonds. The number of halogens is 1. The number of nitrogens with two attached hydrogens (primary N) is 1. The van der Waals surface area contributed by atoms with Crippen molar-refractivity contribution in [3.05, 3.63) is 35.6 Å². The molecule has 0 spiro atoms. The van der Waals surface area contributed by atoms with E-state index in [0.29, 0.717) is 0 Å². The molecule has 0 radical (unpaired) electrons. The van der Waals surface area contributed by atoms with Crippen LogP contribution in [-0.2, 0) is 13.6 Å². The first-order valence-corrected chi connectivity index (χ1v) is 7.05. The average Bonchev–Trinajstić information content (AvgIpc) is 2.29. The molecule has 0 saturated carbocycles. The summed E-state index contributed by atoms with van der Waals surface area (Å²) >= 11 is 0. The second kappa shape index (κ2) is 6.26. The highest BCUT2D eigenvalue weighted by Gasteiger charge is 2.35. The van der Waals surface area contributed by atoms with Crippen LogP contribution in [0.4, 0.5) is 4.39 Å². The van der Waals surface area contributed by atoms with Gasteiger partial charge >= 0.3 is 7.60 Å². The molecule has 0 heterocycles. The summed E-state index contributed by atoms with van der Waals surface area (Å²) in [4.78, 5) is 0. The monoisotopic (exact) mass is 261 g/mol. The van der Waals surface area contributed by atoms with Crippen molar-refractivity contribution < 1.29 is 18.0 Å². The van der Waals surface area contributed by atoms with Crippen molar-refractivity contribution >= 4 is 7.60 Å². The van der Waals surface area contributed by atoms with Crippen LogP contribution in [0.15, 0.2) is 24.3 Å². The first-order valence-electron chi connectivity index (χ1n) is 5.44. The van der Waals surface area contributed by atoms with Crippen LogP contribution in [0.25, 0.3) is 0 Å². The minimum Gasteiger partial charge on any atom is -0.314 e. The molecule has 0 fully saturated rings. The molecule has 4 nitrogen and oxygen atoms in total. The van der Waals surface area contributed by atoms with Gasteiger partial charge in [0.15, 0.2) is 0 Å². The van der Waals surface area contributed by atoms with E-state index >= 15 is 0 Å². The minimum absolute atomic E-state index is 0.137. The van der Waals surface area contributed by atoms with Crippen molar-refractivity contribution in [2.75, 3.05) is 13.2 Å². The Morgan fingerprint density at radius 1 is 1.29 bits per heavy atom. The van der Waals surface area contributed by atoms with Gasteiger partial charge in [0.05, 0.1) is 13.2 Å². The summed E-state index contributed by atoms with van der Waals surface area (Å²) in [6.07, 6.45) is 0. The third-order valence-electron chi connectivity index (χ3n) is 2.18. The van der Waals surface area contributed by atoms with Gasteiger partial charge in [-0.3, -0.25) is 4.57 Å². The van der Waals surface area contributed by atoms with Crippen molar-refractivity contribution in [1.29, 1.82) is 0 Å². The molecule has 0 aliphatic heterocycles. The van der Waals surface area contributed by atoms with Crippen molar-refractivity contribution in [3.8, 4) is 0 Å². The molecule has 17 heavy (non-hydrogen) atoms. The average molecular weight is 261 g/mol. The van der Waals surface area contributed by atoms with Gasteiger partial charge in [0.1, 0.15) is 11.6 Å². The molecule has 2 N–H and O–H groups in total. The summed E-state index contributed by atoms with van der Waals surface area (Å²) in [5.74, 6) is -1.62. The maximum absolute atomic E-state index is 13.5. The summed E-state index contributed by atoms with van der Waals surface area (Å²) in [6.45, 7) is 3.75. The molecule has 1 aromatic carbocycles. The first kappa shape index (κ1) is 14.3. The van der Waals surface area contributed by atoms with Crippen LogP contribution in [0, 0.1) is 5.82 Å². The SMILES string of the molecule is CCOP(=O)(OCC)C(N)c1ccccc1F. The molecular formula is C11H17FNO3P. The lowest BCUT2D eigenvalue weighted by atomic mass is 10.2. The zero-order valence-electron chi connectivity index (χ0n) is 9.93. The third-order valence-corrected chi connectivity index (χ3v) is 4.38. The standard InChI is InChI=1S/C11H17FNO3P/c1-3-15-17(14,16-4-2)11(13)9-7-5-6-8-10(9)12/h5-8,11H,3-4,13H2,1-2H3. The second-order valence-corrected chi connectivity index (χ2v) is 5.49. The van der Waals surface area contributed by atoms with E-state index in [4.69, 9.17) is 14.8 Å². The predicted octanol–water partition coefficient (Wildman–Crippen LogP) is 3.05. The summed E-state index contributed by atoms with van der Waals surface area (Å²) in [7, 11) is -3.52. The second-order valence-electron chi connectivity index (χ2n) is 3.34. The van der Waals surface area contributed by atoms with Crippen LogP contribution in [-0.4, -0.2) is 13.2 Å². The predicted molar refractivity (Wildman–Crippen MR) is 64.2 cm³/mol. The maximum atomic E-state index is 13.5. The molecule has 0 aromatic heterocycles. The Kier molecular flexibility index (Phi) is 5.28. The highest BCUT2D eigenvalue weighted by molar-refractivity contribution is 7.54. The Bertz CT molecular complexity index is 403. The van der Waals surface area contributed by atoms with Crippen LogP contribution in [0.1, 0.15) is 25.2 Å². The smallest absolute Gasteiger partial charge is 0.314 e. The Morgan fingerprint density at radius 3 is 2.29 bits per heavy atom. The molecule has 0 aliphatic rings.